The van der Waals surface area contributed by atoms with E-state index in [4.69, 9.17) is 16.3 Å². The van der Waals surface area contributed by atoms with Crippen molar-refractivity contribution < 1.29 is 23.5 Å². The van der Waals surface area contributed by atoms with Crippen molar-refractivity contribution in [1.82, 2.24) is 20.9 Å². The molecule has 38 heavy (non-hydrogen) atoms. The number of amides is 3. The zero-order chi connectivity index (χ0) is 27.3. The standard InChI is InChI=1S/C28H44ClFN4O4/c1-31-18-22(17-20-9-5-3-4-6-10-20)33-27(35)34-15-8-11-21(19-34)26(38-16-14-32-28(36)37-2)23-12-7-13-24(29)25(23)30/h7,12-13,20-22,26,31H,3-6,8-11,14-19H2,1-2H3,(H,32,36)(H,33,35)/t21?,22?,26-/m1/s1. The van der Waals surface area contributed by atoms with E-state index in [-0.39, 0.29) is 36.2 Å². The van der Waals surface area contributed by atoms with Crippen molar-refractivity contribution in [2.45, 2.75) is 69.9 Å². The number of ether oxygens (including phenoxy) is 2. The van der Waals surface area contributed by atoms with Gasteiger partial charge in [0.1, 0.15) is 5.82 Å². The maximum atomic E-state index is 15.1. The number of methoxy groups -OCH3 is 1. The van der Waals surface area contributed by atoms with E-state index in [0.717, 1.165) is 25.8 Å². The van der Waals surface area contributed by atoms with E-state index in [1.165, 1.54) is 51.7 Å². The third-order valence-corrected chi connectivity index (χ3v) is 7.98. The number of benzene rings is 1. The third-order valence-electron chi connectivity index (χ3n) is 7.69. The normalized spacial score (nSPS) is 20.3. The lowest BCUT2D eigenvalue weighted by Gasteiger charge is -2.38. The third kappa shape index (κ3) is 9.27. The zero-order valence-corrected chi connectivity index (χ0v) is 23.5. The summed E-state index contributed by atoms with van der Waals surface area (Å²) in [6.45, 7) is 2.20. The number of hydrogen-bond acceptors (Lipinski definition) is 5. The highest BCUT2D eigenvalue weighted by Gasteiger charge is 2.33. The summed E-state index contributed by atoms with van der Waals surface area (Å²) in [7, 11) is 3.21. The van der Waals surface area contributed by atoms with E-state index in [0.29, 0.717) is 24.6 Å². The summed E-state index contributed by atoms with van der Waals surface area (Å²) in [4.78, 5) is 26.6. The maximum Gasteiger partial charge on any atom is 0.406 e. The van der Waals surface area contributed by atoms with Gasteiger partial charge in [0.25, 0.3) is 0 Å². The van der Waals surface area contributed by atoms with E-state index in [1.807, 2.05) is 11.9 Å². The molecule has 1 saturated carbocycles. The largest absolute Gasteiger partial charge is 0.453 e. The van der Waals surface area contributed by atoms with Crippen LogP contribution in [0.4, 0.5) is 14.0 Å². The number of carbonyl (C=O) groups is 2. The summed E-state index contributed by atoms with van der Waals surface area (Å²) in [5, 5.41) is 9.12. The molecule has 1 saturated heterocycles. The second-order valence-corrected chi connectivity index (χ2v) is 10.9. The molecule has 1 aliphatic heterocycles. The van der Waals surface area contributed by atoms with Gasteiger partial charge in [0.2, 0.25) is 0 Å². The Morgan fingerprint density at radius 2 is 1.92 bits per heavy atom. The molecule has 0 spiro atoms. The van der Waals surface area contributed by atoms with Crippen LogP contribution >= 0.6 is 11.6 Å². The molecule has 0 bridgehead atoms. The minimum atomic E-state index is -0.608. The van der Waals surface area contributed by atoms with Gasteiger partial charge in [-0.3, -0.25) is 0 Å². The van der Waals surface area contributed by atoms with Gasteiger partial charge in [-0.2, -0.15) is 0 Å². The molecule has 0 radical (unpaired) electrons. The van der Waals surface area contributed by atoms with Gasteiger partial charge in [0, 0.05) is 43.7 Å². The minimum Gasteiger partial charge on any atom is -0.453 e. The van der Waals surface area contributed by atoms with Gasteiger partial charge in [-0.05, 0) is 38.3 Å². The second-order valence-electron chi connectivity index (χ2n) is 10.5. The molecular formula is C28H44ClFN4O4. The summed E-state index contributed by atoms with van der Waals surface area (Å²) >= 11 is 6.09. The van der Waals surface area contributed by atoms with Gasteiger partial charge < -0.3 is 30.3 Å². The fourth-order valence-corrected chi connectivity index (χ4v) is 5.96. The molecule has 2 fully saturated rings. The van der Waals surface area contributed by atoms with Crippen LogP contribution in [0.15, 0.2) is 18.2 Å². The van der Waals surface area contributed by atoms with Gasteiger partial charge in [0.15, 0.2) is 0 Å². The quantitative estimate of drug-likeness (QED) is 0.256. The lowest BCUT2D eigenvalue weighted by Crippen LogP contribution is -2.52. The maximum absolute atomic E-state index is 15.1. The Bertz CT molecular complexity index is 884. The van der Waals surface area contributed by atoms with Crippen molar-refractivity contribution in [3.8, 4) is 0 Å². The van der Waals surface area contributed by atoms with Crippen molar-refractivity contribution in [3.63, 3.8) is 0 Å². The topological polar surface area (TPSA) is 91.9 Å². The van der Waals surface area contributed by atoms with Crippen molar-refractivity contribution in [3.05, 3.63) is 34.6 Å². The molecule has 3 rings (SSSR count). The number of hydrogen-bond donors (Lipinski definition) is 3. The SMILES string of the molecule is CNCC(CC1CCCCCC1)NC(=O)N1CCCC([C@@H](OCCNC(=O)OC)c2cccc(Cl)c2F)C1. The number of urea groups is 1. The molecule has 1 heterocycles. The molecule has 3 N–H and O–H groups in total. The Morgan fingerprint density at radius 1 is 1.16 bits per heavy atom. The first-order valence-corrected chi connectivity index (χ1v) is 14.4. The Hall–Kier alpha value is -2.10. The van der Waals surface area contributed by atoms with Gasteiger partial charge in [-0.25, -0.2) is 14.0 Å². The highest BCUT2D eigenvalue weighted by molar-refractivity contribution is 6.30. The lowest BCUT2D eigenvalue weighted by molar-refractivity contribution is -0.0106. The Labute approximate surface area is 231 Å². The number of alkyl carbamates (subject to hydrolysis) is 1. The second kappa shape index (κ2) is 16.1. The summed E-state index contributed by atoms with van der Waals surface area (Å²) in [6, 6.07) is 4.87. The number of likely N-dealkylation sites (tertiary alicyclic amines) is 1. The summed E-state index contributed by atoms with van der Waals surface area (Å²) < 4.78 is 25.8. The molecule has 2 aliphatic rings. The molecule has 1 aromatic carbocycles. The summed E-state index contributed by atoms with van der Waals surface area (Å²) in [6.07, 6.45) is 9.03. The molecule has 10 heteroatoms. The van der Waals surface area contributed by atoms with E-state index < -0.39 is 18.0 Å². The van der Waals surface area contributed by atoms with Gasteiger partial charge >= 0.3 is 12.1 Å². The van der Waals surface area contributed by atoms with Crippen LogP contribution in [0, 0.1) is 17.7 Å². The molecule has 2 unspecified atom stereocenters. The average molecular weight is 555 g/mol. The van der Waals surface area contributed by atoms with Crippen molar-refractivity contribution in [2.24, 2.45) is 11.8 Å². The number of rotatable bonds is 11. The average Bonchev–Trinajstić information content (AvgIpc) is 3.19. The Morgan fingerprint density at radius 3 is 2.63 bits per heavy atom. The van der Waals surface area contributed by atoms with Gasteiger partial charge in [-0.1, -0.05) is 62.3 Å². The number of nitrogens with zero attached hydrogens (tertiary/aromatic N) is 1. The molecular weight excluding hydrogens is 511 g/mol. The van der Waals surface area contributed by atoms with Crippen LogP contribution in [0.25, 0.3) is 0 Å². The summed E-state index contributed by atoms with van der Waals surface area (Å²) in [5.41, 5.74) is 0.365. The number of halogens is 2. The van der Waals surface area contributed by atoms with Crippen LogP contribution in [0.3, 0.4) is 0 Å². The highest BCUT2D eigenvalue weighted by Crippen LogP contribution is 2.36. The van der Waals surface area contributed by atoms with Crippen molar-refractivity contribution in [1.29, 1.82) is 0 Å². The minimum absolute atomic E-state index is 0.0302. The first kappa shape index (κ1) is 30.4. The van der Waals surface area contributed by atoms with Crippen LogP contribution in [-0.4, -0.2) is 70.0 Å². The number of piperidine rings is 1. The zero-order valence-electron chi connectivity index (χ0n) is 22.8. The van der Waals surface area contributed by atoms with E-state index >= 15 is 4.39 Å². The van der Waals surface area contributed by atoms with Crippen LogP contribution < -0.4 is 16.0 Å². The van der Waals surface area contributed by atoms with E-state index in [1.54, 1.807) is 12.1 Å². The molecule has 1 aliphatic carbocycles. The number of likely N-dealkylation sites (N-methyl/N-ethyl adjacent to an activating group) is 1. The van der Waals surface area contributed by atoms with Crippen LogP contribution in [-0.2, 0) is 9.47 Å². The molecule has 1 aromatic rings. The highest BCUT2D eigenvalue weighted by atomic mass is 35.5. The Kier molecular flexibility index (Phi) is 12.9. The fourth-order valence-electron chi connectivity index (χ4n) is 5.78. The molecule has 3 amide bonds. The summed E-state index contributed by atoms with van der Waals surface area (Å²) in [5.74, 6) is 0.0109. The molecule has 8 nitrogen and oxygen atoms in total. The van der Waals surface area contributed by atoms with E-state index in [9.17, 15) is 9.59 Å². The molecule has 0 aromatic heterocycles. The van der Waals surface area contributed by atoms with Crippen LogP contribution in [0.5, 0.6) is 0 Å². The smallest absolute Gasteiger partial charge is 0.406 e. The van der Waals surface area contributed by atoms with Crippen molar-refractivity contribution >= 4 is 23.7 Å². The van der Waals surface area contributed by atoms with Crippen LogP contribution in [0.1, 0.15) is 69.5 Å². The van der Waals surface area contributed by atoms with E-state index in [2.05, 4.69) is 20.7 Å². The Balaban J connectivity index is 1.66. The number of carbonyl (C=O) groups excluding carboxylic acids is 2. The fraction of sp³-hybridized carbons (Fsp3) is 0.714. The van der Waals surface area contributed by atoms with Crippen LogP contribution in [0.2, 0.25) is 5.02 Å². The predicted molar refractivity (Wildman–Crippen MR) is 147 cm³/mol. The molecule has 3 atom stereocenters. The van der Waals surface area contributed by atoms with Gasteiger partial charge in [0.05, 0.1) is 24.8 Å². The number of nitrogens with one attached hydrogen (secondary N) is 3. The first-order valence-electron chi connectivity index (χ1n) is 14.0. The monoisotopic (exact) mass is 554 g/mol. The van der Waals surface area contributed by atoms with Crippen molar-refractivity contribution in [2.75, 3.05) is 46.9 Å². The predicted octanol–water partition coefficient (Wildman–Crippen LogP) is 5.26. The first-order chi connectivity index (χ1) is 18.4. The molecule has 214 valence electrons. The van der Waals surface area contributed by atoms with Gasteiger partial charge in [-0.15, -0.1) is 0 Å². The lowest BCUT2D eigenvalue weighted by atomic mass is 9.88.